The number of carbonyl (C=O) groups excluding carboxylic acids is 1. The van der Waals surface area contributed by atoms with Crippen molar-refractivity contribution in [2.75, 3.05) is 11.3 Å². The van der Waals surface area contributed by atoms with Gasteiger partial charge in [0.2, 0.25) is 5.89 Å². The Labute approximate surface area is 195 Å². The molecular weight excluding hydrogens is 462 g/mol. The fourth-order valence-corrected chi connectivity index (χ4v) is 4.70. The van der Waals surface area contributed by atoms with E-state index >= 15 is 0 Å². The second-order valence-electron chi connectivity index (χ2n) is 6.89. The first-order valence-corrected chi connectivity index (χ1v) is 12.4. The molecule has 1 amide bonds. The van der Waals surface area contributed by atoms with E-state index in [1.54, 1.807) is 30.3 Å². The van der Waals surface area contributed by atoms with E-state index in [9.17, 15) is 13.2 Å². The van der Waals surface area contributed by atoms with Crippen LogP contribution in [0.25, 0.3) is 10.8 Å². The van der Waals surface area contributed by atoms with Crippen molar-refractivity contribution in [2.24, 2.45) is 0 Å². The lowest BCUT2D eigenvalue weighted by Crippen LogP contribution is -2.23. The summed E-state index contributed by atoms with van der Waals surface area (Å²) in [6.45, 7) is 2.52. The average Bonchev–Trinajstić information content (AvgIpc) is 3.50. The normalized spacial score (nSPS) is 11.2. The van der Waals surface area contributed by atoms with Gasteiger partial charge in [0.05, 0.1) is 28.6 Å². The van der Waals surface area contributed by atoms with E-state index in [0.29, 0.717) is 29.5 Å². The van der Waals surface area contributed by atoms with E-state index in [0.717, 1.165) is 4.88 Å². The van der Waals surface area contributed by atoms with Crippen LogP contribution in [0.2, 0.25) is 0 Å². The standard InChI is InChI=1S/C23H21N3O5S2/c1-2-30-19-8-10-20(11-9-19)33(28,29)26-17-6-3-5-16(13-17)22(27)24-14-18-15-31-23(25-18)21-7-4-12-32-21/h3-13,15,26H,2,14H2,1H3,(H,24,27). The number of sulfonamides is 1. The third-order valence-corrected chi connectivity index (χ3v) is 6.79. The second kappa shape index (κ2) is 9.88. The summed E-state index contributed by atoms with van der Waals surface area (Å²) in [7, 11) is -3.82. The lowest BCUT2D eigenvalue weighted by atomic mass is 10.2. The van der Waals surface area contributed by atoms with Crippen LogP contribution in [-0.4, -0.2) is 25.9 Å². The van der Waals surface area contributed by atoms with E-state index < -0.39 is 10.0 Å². The lowest BCUT2D eigenvalue weighted by molar-refractivity contribution is 0.0950. The third kappa shape index (κ3) is 5.60. The van der Waals surface area contributed by atoms with Crippen LogP contribution in [-0.2, 0) is 16.6 Å². The smallest absolute Gasteiger partial charge is 0.261 e. The minimum absolute atomic E-state index is 0.0911. The number of oxazole rings is 1. The Kier molecular flexibility index (Phi) is 6.76. The molecule has 0 atom stereocenters. The van der Waals surface area contributed by atoms with Gasteiger partial charge in [0.25, 0.3) is 15.9 Å². The molecule has 0 aliphatic rings. The highest BCUT2D eigenvalue weighted by Gasteiger charge is 2.16. The van der Waals surface area contributed by atoms with Crippen LogP contribution in [0, 0.1) is 0 Å². The first-order valence-electron chi connectivity index (χ1n) is 10.1. The van der Waals surface area contributed by atoms with Crippen LogP contribution in [0.1, 0.15) is 23.0 Å². The quantitative estimate of drug-likeness (QED) is 0.362. The Bertz CT molecular complexity index is 1330. The number of nitrogens with zero attached hydrogens (tertiary/aromatic N) is 1. The zero-order valence-electron chi connectivity index (χ0n) is 17.6. The van der Waals surface area contributed by atoms with Gasteiger partial charge >= 0.3 is 0 Å². The summed E-state index contributed by atoms with van der Waals surface area (Å²) in [5, 5.41) is 4.69. The summed E-state index contributed by atoms with van der Waals surface area (Å²) in [5.41, 5.74) is 1.17. The van der Waals surface area contributed by atoms with E-state index in [4.69, 9.17) is 9.15 Å². The van der Waals surface area contributed by atoms with Crippen molar-refractivity contribution in [3.8, 4) is 16.5 Å². The highest BCUT2D eigenvalue weighted by atomic mass is 32.2. The topological polar surface area (TPSA) is 111 Å². The van der Waals surface area contributed by atoms with Crippen molar-refractivity contribution >= 4 is 33.0 Å². The van der Waals surface area contributed by atoms with Crippen LogP contribution < -0.4 is 14.8 Å². The number of aromatic nitrogens is 1. The summed E-state index contributed by atoms with van der Waals surface area (Å²) in [6.07, 6.45) is 1.50. The lowest BCUT2D eigenvalue weighted by Gasteiger charge is -2.10. The Morgan fingerprint density at radius 2 is 1.94 bits per heavy atom. The molecule has 0 saturated heterocycles. The van der Waals surface area contributed by atoms with Crippen molar-refractivity contribution in [2.45, 2.75) is 18.4 Å². The molecule has 170 valence electrons. The van der Waals surface area contributed by atoms with Crippen LogP contribution >= 0.6 is 11.3 Å². The number of ether oxygens (including phenoxy) is 1. The molecule has 10 heteroatoms. The largest absolute Gasteiger partial charge is 0.494 e. The number of nitrogens with one attached hydrogen (secondary N) is 2. The van der Waals surface area contributed by atoms with Gasteiger partial charge in [-0.15, -0.1) is 11.3 Å². The van der Waals surface area contributed by atoms with Gasteiger partial charge in [0.15, 0.2) is 0 Å². The number of anilines is 1. The van der Waals surface area contributed by atoms with Crippen molar-refractivity contribution in [3.63, 3.8) is 0 Å². The molecule has 0 radical (unpaired) electrons. The molecule has 2 aromatic carbocycles. The number of hydrogen-bond acceptors (Lipinski definition) is 7. The average molecular weight is 484 g/mol. The molecule has 0 unspecified atom stereocenters. The zero-order chi connectivity index (χ0) is 23.3. The van der Waals surface area contributed by atoms with Gasteiger partial charge < -0.3 is 14.5 Å². The molecule has 33 heavy (non-hydrogen) atoms. The summed E-state index contributed by atoms with van der Waals surface area (Å²) < 4.78 is 38.7. The van der Waals surface area contributed by atoms with Gasteiger partial charge in [-0.2, -0.15) is 0 Å². The number of carbonyl (C=O) groups is 1. The maximum atomic E-state index is 12.7. The highest BCUT2D eigenvalue weighted by molar-refractivity contribution is 7.92. The molecule has 4 rings (SSSR count). The number of amides is 1. The van der Waals surface area contributed by atoms with Crippen molar-refractivity contribution < 1.29 is 22.4 Å². The van der Waals surface area contributed by atoms with Crippen LogP contribution in [0.3, 0.4) is 0 Å². The molecule has 2 aromatic heterocycles. The van der Waals surface area contributed by atoms with E-state index in [1.165, 1.54) is 35.8 Å². The Morgan fingerprint density at radius 3 is 2.67 bits per heavy atom. The number of thiophene rings is 1. The minimum Gasteiger partial charge on any atom is -0.494 e. The number of hydrogen-bond donors (Lipinski definition) is 2. The van der Waals surface area contributed by atoms with Crippen LogP contribution in [0.15, 0.2) is 81.6 Å². The number of benzene rings is 2. The first kappa shape index (κ1) is 22.6. The molecule has 0 aliphatic carbocycles. The summed E-state index contributed by atoms with van der Waals surface area (Å²) in [5.74, 6) is 0.725. The van der Waals surface area contributed by atoms with Gasteiger partial charge in [-0.25, -0.2) is 13.4 Å². The Morgan fingerprint density at radius 1 is 1.12 bits per heavy atom. The van der Waals surface area contributed by atoms with Crippen molar-refractivity contribution in [1.29, 1.82) is 0 Å². The van der Waals surface area contributed by atoms with Crippen LogP contribution in [0.4, 0.5) is 5.69 Å². The maximum absolute atomic E-state index is 12.7. The minimum atomic E-state index is -3.82. The highest BCUT2D eigenvalue weighted by Crippen LogP contribution is 2.24. The summed E-state index contributed by atoms with van der Waals surface area (Å²) >= 11 is 1.51. The van der Waals surface area contributed by atoms with Crippen LogP contribution in [0.5, 0.6) is 5.75 Å². The fraction of sp³-hybridized carbons (Fsp3) is 0.130. The molecule has 8 nitrogen and oxygen atoms in total. The van der Waals surface area contributed by atoms with Gasteiger partial charge in [-0.1, -0.05) is 12.1 Å². The van der Waals surface area contributed by atoms with Crippen molar-refractivity contribution in [3.05, 3.63) is 83.6 Å². The van der Waals surface area contributed by atoms with Crippen molar-refractivity contribution in [1.82, 2.24) is 10.3 Å². The maximum Gasteiger partial charge on any atom is 0.261 e. The number of rotatable bonds is 9. The molecule has 4 aromatic rings. The first-order chi connectivity index (χ1) is 15.9. The van der Waals surface area contributed by atoms with Gasteiger partial charge in [0.1, 0.15) is 12.0 Å². The Balaban J connectivity index is 1.40. The SMILES string of the molecule is CCOc1ccc(S(=O)(=O)Nc2cccc(C(=O)NCc3coc(-c4cccs4)n3)c2)cc1. The second-order valence-corrected chi connectivity index (χ2v) is 9.52. The predicted molar refractivity (Wildman–Crippen MR) is 126 cm³/mol. The molecule has 2 heterocycles. The monoisotopic (exact) mass is 483 g/mol. The molecule has 0 fully saturated rings. The third-order valence-electron chi connectivity index (χ3n) is 4.54. The zero-order valence-corrected chi connectivity index (χ0v) is 19.3. The molecule has 0 bridgehead atoms. The molecule has 0 saturated carbocycles. The summed E-state index contributed by atoms with van der Waals surface area (Å²) in [6, 6.07) is 16.2. The molecule has 0 aliphatic heterocycles. The Hall–Kier alpha value is -3.63. The van der Waals surface area contributed by atoms with Gasteiger partial charge in [-0.05, 0) is 60.8 Å². The fourth-order valence-electron chi connectivity index (χ4n) is 2.99. The van der Waals surface area contributed by atoms with E-state index in [1.807, 2.05) is 24.4 Å². The predicted octanol–water partition coefficient (Wildman–Crippen LogP) is 4.53. The van der Waals surface area contributed by atoms with E-state index in [2.05, 4.69) is 15.0 Å². The van der Waals surface area contributed by atoms with Gasteiger partial charge in [0, 0.05) is 11.3 Å². The van der Waals surface area contributed by atoms with E-state index in [-0.39, 0.29) is 23.0 Å². The molecule has 0 spiro atoms. The molecule has 2 N–H and O–H groups in total. The molecular formula is C23H21N3O5S2. The summed E-state index contributed by atoms with van der Waals surface area (Å²) in [4.78, 5) is 17.9. The van der Waals surface area contributed by atoms with Gasteiger partial charge in [-0.3, -0.25) is 9.52 Å².